The van der Waals surface area contributed by atoms with Gasteiger partial charge < -0.3 is 4.90 Å². The van der Waals surface area contributed by atoms with Crippen molar-refractivity contribution in [3.05, 3.63) is 6.42 Å². The third kappa shape index (κ3) is 4.33. The fourth-order valence-electron chi connectivity index (χ4n) is 0.337. The summed E-state index contributed by atoms with van der Waals surface area (Å²) in [7, 11) is 3.50. The van der Waals surface area contributed by atoms with E-state index in [2.05, 4.69) is 0 Å². The number of carbonyl (C=O) groups excluding carboxylic acids is 1. The largest absolute Gasteiger partial charge is 0.349 e. The Morgan fingerprint density at radius 1 is 1.67 bits per heavy atom. The van der Waals surface area contributed by atoms with E-state index in [0.717, 1.165) is 5.75 Å². The first kappa shape index (κ1) is 8.82. The Hall–Kier alpha value is -0.180. The highest BCUT2D eigenvalue weighted by atomic mass is 32.2. The highest BCUT2D eigenvalue weighted by Crippen LogP contribution is 1.95. The zero-order valence-electron chi connectivity index (χ0n) is 6.05. The van der Waals surface area contributed by atoms with Gasteiger partial charge in [-0.2, -0.15) is 11.8 Å². The topological polar surface area (TPSA) is 20.3 Å². The van der Waals surface area contributed by atoms with E-state index in [1.54, 1.807) is 37.2 Å². The number of carbonyl (C=O) groups is 1. The SMILES string of the molecule is CSC[CH]C(=O)N(C)C. The highest BCUT2D eigenvalue weighted by molar-refractivity contribution is 7.98. The molecule has 0 aliphatic carbocycles. The van der Waals surface area contributed by atoms with Gasteiger partial charge in [-0.3, -0.25) is 4.79 Å². The second-order valence-corrected chi connectivity index (χ2v) is 2.80. The summed E-state index contributed by atoms with van der Waals surface area (Å²) >= 11 is 1.64. The maximum Gasteiger partial charge on any atom is 0.226 e. The summed E-state index contributed by atoms with van der Waals surface area (Å²) in [5.41, 5.74) is 0. The van der Waals surface area contributed by atoms with Crippen molar-refractivity contribution in [3.8, 4) is 0 Å². The van der Waals surface area contributed by atoms with Gasteiger partial charge in [-0.25, -0.2) is 0 Å². The zero-order chi connectivity index (χ0) is 7.28. The Morgan fingerprint density at radius 3 is 2.56 bits per heavy atom. The molecule has 0 aliphatic rings. The van der Waals surface area contributed by atoms with E-state index in [9.17, 15) is 4.79 Å². The van der Waals surface area contributed by atoms with Crippen molar-refractivity contribution in [3.63, 3.8) is 0 Å². The van der Waals surface area contributed by atoms with Gasteiger partial charge in [-0.05, 0) is 6.26 Å². The van der Waals surface area contributed by atoms with Crippen LogP contribution in [0.5, 0.6) is 0 Å². The summed E-state index contributed by atoms with van der Waals surface area (Å²) < 4.78 is 0. The van der Waals surface area contributed by atoms with E-state index in [1.807, 2.05) is 6.26 Å². The summed E-state index contributed by atoms with van der Waals surface area (Å²) in [6, 6.07) is 0. The molecule has 0 aliphatic heterocycles. The minimum atomic E-state index is 0.0874. The van der Waals surface area contributed by atoms with Gasteiger partial charge in [0.05, 0.1) is 6.42 Å². The van der Waals surface area contributed by atoms with Gasteiger partial charge in [0.1, 0.15) is 0 Å². The smallest absolute Gasteiger partial charge is 0.226 e. The molecule has 53 valence electrons. The molecule has 0 saturated heterocycles. The van der Waals surface area contributed by atoms with Crippen LogP contribution in [0.25, 0.3) is 0 Å². The van der Waals surface area contributed by atoms with E-state index < -0.39 is 0 Å². The van der Waals surface area contributed by atoms with Crippen molar-refractivity contribution >= 4 is 17.7 Å². The van der Waals surface area contributed by atoms with E-state index in [4.69, 9.17) is 0 Å². The Kier molecular flexibility index (Phi) is 4.58. The first-order valence-corrected chi connectivity index (χ1v) is 4.11. The minimum Gasteiger partial charge on any atom is -0.349 e. The Morgan fingerprint density at radius 2 is 2.22 bits per heavy atom. The predicted octanol–water partition coefficient (Wildman–Crippen LogP) is 0.642. The lowest BCUT2D eigenvalue weighted by Gasteiger charge is -2.07. The van der Waals surface area contributed by atoms with Gasteiger partial charge in [0.15, 0.2) is 0 Å². The Labute approximate surface area is 60.6 Å². The van der Waals surface area contributed by atoms with Gasteiger partial charge in [-0.1, -0.05) is 0 Å². The van der Waals surface area contributed by atoms with Crippen LogP contribution in [0.3, 0.4) is 0 Å². The van der Waals surface area contributed by atoms with Crippen molar-refractivity contribution in [2.24, 2.45) is 0 Å². The lowest BCUT2D eigenvalue weighted by atomic mass is 10.4. The molecule has 0 bridgehead atoms. The zero-order valence-corrected chi connectivity index (χ0v) is 6.86. The molecule has 1 amide bonds. The van der Waals surface area contributed by atoms with Crippen LogP contribution in [0.4, 0.5) is 0 Å². The molecule has 0 aromatic carbocycles. The monoisotopic (exact) mass is 146 g/mol. The normalized spacial score (nSPS) is 9.22. The molecule has 0 saturated carbocycles. The van der Waals surface area contributed by atoms with Gasteiger partial charge in [0.25, 0.3) is 0 Å². The van der Waals surface area contributed by atoms with Crippen LogP contribution in [0.15, 0.2) is 0 Å². The maximum absolute atomic E-state index is 10.8. The van der Waals surface area contributed by atoms with Crippen LogP contribution in [-0.4, -0.2) is 36.9 Å². The number of thioether (sulfide) groups is 1. The van der Waals surface area contributed by atoms with Crippen molar-refractivity contribution in [1.29, 1.82) is 0 Å². The summed E-state index contributed by atoms with van der Waals surface area (Å²) in [6.45, 7) is 0. The Bertz CT molecular complexity index is 93.1. The minimum absolute atomic E-state index is 0.0874. The van der Waals surface area contributed by atoms with Crippen LogP contribution >= 0.6 is 11.8 Å². The lowest BCUT2D eigenvalue weighted by molar-refractivity contribution is -0.124. The molecule has 2 nitrogen and oxygen atoms in total. The molecule has 0 aromatic rings. The fraction of sp³-hybridized carbons (Fsp3) is 0.667. The van der Waals surface area contributed by atoms with E-state index in [1.165, 1.54) is 0 Å². The molecule has 0 heterocycles. The summed E-state index contributed by atoms with van der Waals surface area (Å²) in [5, 5.41) is 0. The third-order valence-electron chi connectivity index (χ3n) is 0.865. The molecular formula is C6H12NOS. The quantitative estimate of drug-likeness (QED) is 0.582. The molecular weight excluding hydrogens is 134 g/mol. The molecule has 0 unspecified atom stereocenters. The number of rotatable bonds is 3. The van der Waals surface area contributed by atoms with E-state index in [0.29, 0.717) is 0 Å². The van der Waals surface area contributed by atoms with Crippen LogP contribution in [0, 0.1) is 6.42 Å². The molecule has 0 rings (SSSR count). The average molecular weight is 146 g/mol. The highest BCUT2D eigenvalue weighted by Gasteiger charge is 2.01. The van der Waals surface area contributed by atoms with E-state index >= 15 is 0 Å². The van der Waals surface area contributed by atoms with Crippen LogP contribution < -0.4 is 0 Å². The van der Waals surface area contributed by atoms with Crippen LogP contribution in [0.2, 0.25) is 0 Å². The van der Waals surface area contributed by atoms with Crippen molar-refractivity contribution in [2.45, 2.75) is 0 Å². The van der Waals surface area contributed by atoms with Gasteiger partial charge >= 0.3 is 0 Å². The molecule has 0 N–H and O–H groups in total. The molecule has 1 radical (unpaired) electrons. The summed E-state index contributed by atoms with van der Waals surface area (Å²) in [5.74, 6) is 0.890. The number of hydrogen-bond donors (Lipinski definition) is 0. The van der Waals surface area contributed by atoms with Gasteiger partial charge in [0, 0.05) is 19.8 Å². The maximum atomic E-state index is 10.8. The number of hydrogen-bond acceptors (Lipinski definition) is 2. The standard InChI is InChI=1S/C6H12NOS/c1-7(2)6(8)4-5-9-3/h4H,5H2,1-3H3. The van der Waals surface area contributed by atoms with E-state index in [-0.39, 0.29) is 5.91 Å². The molecule has 0 atom stereocenters. The molecule has 0 fully saturated rings. The third-order valence-corrected chi connectivity index (χ3v) is 1.37. The second kappa shape index (κ2) is 4.68. The summed E-state index contributed by atoms with van der Waals surface area (Å²) in [6.07, 6.45) is 3.64. The molecule has 9 heavy (non-hydrogen) atoms. The average Bonchev–Trinajstić information content (AvgIpc) is 1.82. The molecule has 0 aromatic heterocycles. The van der Waals surface area contributed by atoms with Crippen LogP contribution in [0.1, 0.15) is 0 Å². The fourth-order valence-corrected chi connectivity index (χ4v) is 0.646. The van der Waals surface area contributed by atoms with Crippen molar-refractivity contribution < 1.29 is 4.79 Å². The number of nitrogens with zero attached hydrogens (tertiary/aromatic N) is 1. The lowest BCUT2D eigenvalue weighted by Crippen LogP contribution is -2.22. The second-order valence-electron chi connectivity index (χ2n) is 1.89. The van der Waals surface area contributed by atoms with Crippen molar-refractivity contribution in [2.75, 3.05) is 26.1 Å². The summed E-state index contributed by atoms with van der Waals surface area (Å²) in [4.78, 5) is 12.3. The Balaban J connectivity index is 3.28. The number of amides is 1. The van der Waals surface area contributed by atoms with Crippen LogP contribution in [-0.2, 0) is 4.79 Å². The van der Waals surface area contributed by atoms with Crippen molar-refractivity contribution in [1.82, 2.24) is 4.90 Å². The van der Waals surface area contributed by atoms with Gasteiger partial charge in [0.2, 0.25) is 5.91 Å². The van der Waals surface area contributed by atoms with Gasteiger partial charge in [-0.15, -0.1) is 0 Å². The first-order valence-electron chi connectivity index (χ1n) is 2.72. The molecule has 3 heteroatoms. The molecule has 0 spiro atoms. The first-order chi connectivity index (χ1) is 4.18. The predicted molar refractivity (Wildman–Crippen MR) is 41.4 cm³/mol.